The van der Waals surface area contributed by atoms with E-state index in [-0.39, 0.29) is 16.5 Å². The van der Waals surface area contributed by atoms with Gasteiger partial charge in [-0.25, -0.2) is 4.39 Å². The van der Waals surface area contributed by atoms with Crippen LogP contribution < -0.4 is 0 Å². The van der Waals surface area contributed by atoms with Gasteiger partial charge in [0, 0.05) is 11.8 Å². The number of hydrogen-bond donors (Lipinski definition) is 0. The zero-order chi connectivity index (χ0) is 11.5. The van der Waals surface area contributed by atoms with Gasteiger partial charge in [0.1, 0.15) is 11.5 Å². The first-order valence-electron chi connectivity index (χ1n) is 4.57. The van der Waals surface area contributed by atoms with Crippen molar-refractivity contribution in [2.24, 2.45) is 0 Å². The van der Waals surface area contributed by atoms with Gasteiger partial charge in [0.25, 0.3) is 0 Å². The zero-order valence-corrected chi connectivity index (χ0v) is 8.91. The molecular formula is C12H7ClFNO. The average Bonchev–Trinajstić information content (AvgIpc) is 2.30. The number of nitrogens with zero attached hydrogens (tertiary/aromatic N) is 1. The van der Waals surface area contributed by atoms with E-state index in [1.165, 1.54) is 18.3 Å². The van der Waals surface area contributed by atoms with Gasteiger partial charge in [-0.1, -0.05) is 23.7 Å². The van der Waals surface area contributed by atoms with Crippen LogP contribution in [0.1, 0.15) is 10.5 Å². The van der Waals surface area contributed by atoms with Crippen LogP contribution in [0.15, 0.2) is 36.5 Å². The number of hydrogen-bond acceptors (Lipinski definition) is 2. The molecule has 2 aromatic rings. The van der Waals surface area contributed by atoms with Crippen LogP contribution in [-0.4, -0.2) is 11.3 Å². The van der Waals surface area contributed by atoms with Crippen LogP contribution in [0.2, 0.25) is 5.02 Å². The third-order valence-corrected chi connectivity index (χ3v) is 2.46. The van der Waals surface area contributed by atoms with Crippen LogP contribution in [0.5, 0.6) is 0 Å². The highest BCUT2D eigenvalue weighted by Crippen LogP contribution is 2.23. The van der Waals surface area contributed by atoms with Gasteiger partial charge in [-0.2, -0.15) is 0 Å². The summed E-state index contributed by atoms with van der Waals surface area (Å²) in [4.78, 5) is 14.4. The molecule has 0 bridgehead atoms. The summed E-state index contributed by atoms with van der Waals surface area (Å²) in [6, 6.07) is 7.60. The highest BCUT2D eigenvalue weighted by Gasteiger charge is 2.04. The first kappa shape index (κ1) is 10.8. The number of halogens is 2. The van der Waals surface area contributed by atoms with Crippen LogP contribution >= 0.6 is 11.6 Å². The second-order valence-corrected chi connectivity index (χ2v) is 3.62. The third kappa shape index (κ3) is 2.09. The first-order chi connectivity index (χ1) is 7.70. The predicted octanol–water partition coefficient (Wildman–Crippen LogP) is 3.35. The zero-order valence-electron chi connectivity index (χ0n) is 8.15. The lowest BCUT2D eigenvalue weighted by molar-refractivity contribution is 0.111. The van der Waals surface area contributed by atoms with Crippen molar-refractivity contribution < 1.29 is 9.18 Å². The molecular weight excluding hydrogens is 229 g/mol. The molecule has 0 atom stereocenters. The minimum absolute atomic E-state index is 0.201. The van der Waals surface area contributed by atoms with Crippen LogP contribution in [0.4, 0.5) is 4.39 Å². The van der Waals surface area contributed by atoms with Crippen molar-refractivity contribution in [1.82, 2.24) is 4.98 Å². The van der Waals surface area contributed by atoms with Gasteiger partial charge in [0.05, 0.1) is 5.02 Å². The van der Waals surface area contributed by atoms with E-state index >= 15 is 0 Å². The highest BCUT2D eigenvalue weighted by atomic mass is 35.5. The van der Waals surface area contributed by atoms with E-state index in [2.05, 4.69) is 4.98 Å². The number of pyridine rings is 1. The van der Waals surface area contributed by atoms with Crippen LogP contribution in [0.25, 0.3) is 11.1 Å². The van der Waals surface area contributed by atoms with Crippen molar-refractivity contribution in [3.63, 3.8) is 0 Å². The lowest BCUT2D eigenvalue weighted by atomic mass is 10.1. The van der Waals surface area contributed by atoms with Crippen molar-refractivity contribution >= 4 is 17.9 Å². The normalized spacial score (nSPS) is 10.1. The van der Waals surface area contributed by atoms with Gasteiger partial charge in [-0.15, -0.1) is 0 Å². The summed E-state index contributed by atoms with van der Waals surface area (Å²) < 4.78 is 12.7. The molecule has 1 aromatic heterocycles. The second-order valence-electron chi connectivity index (χ2n) is 3.22. The van der Waals surface area contributed by atoms with E-state index in [0.717, 1.165) is 11.1 Å². The fraction of sp³-hybridized carbons (Fsp3) is 0. The highest BCUT2D eigenvalue weighted by molar-refractivity contribution is 6.32. The van der Waals surface area contributed by atoms with E-state index in [1.54, 1.807) is 18.2 Å². The Morgan fingerprint density at radius 2 is 1.88 bits per heavy atom. The third-order valence-electron chi connectivity index (χ3n) is 2.16. The first-order valence-corrected chi connectivity index (χ1v) is 4.95. The fourth-order valence-electron chi connectivity index (χ4n) is 1.34. The Hall–Kier alpha value is -1.74. The van der Waals surface area contributed by atoms with Crippen LogP contribution in [-0.2, 0) is 0 Å². The Kier molecular flexibility index (Phi) is 2.97. The summed E-state index contributed by atoms with van der Waals surface area (Å²) in [6.45, 7) is 0. The number of aldehydes is 1. The van der Waals surface area contributed by atoms with E-state index < -0.39 is 0 Å². The molecule has 0 aliphatic rings. The topological polar surface area (TPSA) is 30.0 Å². The Bertz CT molecular complexity index is 525. The van der Waals surface area contributed by atoms with Crippen molar-refractivity contribution in [2.45, 2.75) is 0 Å². The molecule has 1 heterocycles. The summed E-state index contributed by atoms with van der Waals surface area (Å²) in [5, 5.41) is 0.289. The maximum atomic E-state index is 12.7. The van der Waals surface area contributed by atoms with Gasteiger partial charge in [-0.05, 0) is 23.8 Å². The molecule has 16 heavy (non-hydrogen) atoms. The lowest BCUT2D eigenvalue weighted by Gasteiger charge is -2.02. The molecule has 4 heteroatoms. The van der Waals surface area contributed by atoms with E-state index in [4.69, 9.17) is 11.6 Å². The Balaban J connectivity index is 2.45. The molecule has 0 aliphatic carbocycles. The van der Waals surface area contributed by atoms with Crippen molar-refractivity contribution in [3.8, 4) is 11.1 Å². The molecule has 0 spiro atoms. The Morgan fingerprint density at radius 3 is 2.44 bits per heavy atom. The van der Waals surface area contributed by atoms with Gasteiger partial charge in [0.15, 0.2) is 6.29 Å². The molecule has 0 fully saturated rings. The van der Waals surface area contributed by atoms with Gasteiger partial charge < -0.3 is 0 Å². The predicted molar refractivity (Wildman–Crippen MR) is 60.0 cm³/mol. The Labute approximate surface area is 96.7 Å². The molecule has 1 aromatic carbocycles. The minimum atomic E-state index is -0.299. The molecule has 80 valence electrons. The van der Waals surface area contributed by atoms with Crippen molar-refractivity contribution in [2.75, 3.05) is 0 Å². The summed E-state index contributed by atoms with van der Waals surface area (Å²) in [5.41, 5.74) is 1.75. The molecule has 0 amide bonds. The van der Waals surface area contributed by atoms with Crippen LogP contribution in [0.3, 0.4) is 0 Å². The largest absolute Gasteiger partial charge is 0.296 e. The van der Waals surface area contributed by atoms with Gasteiger partial charge >= 0.3 is 0 Å². The number of rotatable bonds is 2. The number of carbonyl (C=O) groups excluding carboxylic acids is 1. The molecule has 0 N–H and O–H groups in total. The Morgan fingerprint density at radius 1 is 1.19 bits per heavy atom. The summed E-state index contributed by atoms with van der Waals surface area (Å²) in [7, 11) is 0. The second kappa shape index (κ2) is 4.41. The van der Waals surface area contributed by atoms with E-state index in [9.17, 15) is 9.18 Å². The molecule has 0 saturated carbocycles. The number of carbonyl (C=O) groups is 1. The maximum absolute atomic E-state index is 12.7. The molecule has 2 nitrogen and oxygen atoms in total. The lowest BCUT2D eigenvalue weighted by Crippen LogP contribution is -1.89. The van der Waals surface area contributed by atoms with Crippen molar-refractivity contribution in [1.29, 1.82) is 0 Å². The minimum Gasteiger partial charge on any atom is -0.296 e. The standard InChI is InChI=1S/C12H7ClFNO/c13-11-5-9(6-15-12(11)7-16)8-1-3-10(14)4-2-8/h1-7H. The average molecular weight is 236 g/mol. The molecule has 0 aliphatic heterocycles. The summed E-state index contributed by atoms with van der Waals surface area (Å²) in [6.07, 6.45) is 2.12. The van der Waals surface area contributed by atoms with E-state index in [1.807, 2.05) is 0 Å². The summed E-state index contributed by atoms with van der Waals surface area (Å²) in [5.74, 6) is -0.299. The monoisotopic (exact) mass is 235 g/mol. The number of benzene rings is 1. The van der Waals surface area contributed by atoms with Crippen molar-refractivity contribution in [3.05, 3.63) is 53.1 Å². The molecule has 0 radical (unpaired) electrons. The maximum Gasteiger partial charge on any atom is 0.169 e. The SMILES string of the molecule is O=Cc1ncc(-c2ccc(F)cc2)cc1Cl. The quantitative estimate of drug-likeness (QED) is 0.747. The molecule has 0 unspecified atom stereocenters. The smallest absolute Gasteiger partial charge is 0.169 e. The van der Waals surface area contributed by atoms with E-state index in [0.29, 0.717) is 6.29 Å². The summed E-state index contributed by atoms with van der Waals surface area (Å²) >= 11 is 5.84. The fourth-order valence-corrected chi connectivity index (χ4v) is 1.55. The molecule has 2 rings (SSSR count). The number of aromatic nitrogens is 1. The van der Waals surface area contributed by atoms with Crippen LogP contribution in [0, 0.1) is 5.82 Å². The van der Waals surface area contributed by atoms with Gasteiger partial charge in [-0.3, -0.25) is 9.78 Å². The van der Waals surface area contributed by atoms with Gasteiger partial charge in [0.2, 0.25) is 0 Å². The molecule has 0 saturated heterocycles.